The number of hydrogen-bond acceptors (Lipinski definition) is 4. The summed E-state index contributed by atoms with van der Waals surface area (Å²) in [5.74, 6) is -0.820. The fraction of sp³-hybridized carbons (Fsp3) is 0.375. The van der Waals surface area contributed by atoms with Gasteiger partial charge in [0.25, 0.3) is 5.91 Å². The summed E-state index contributed by atoms with van der Waals surface area (Å²) in [6.45, 7) is 3.69. The maximum Gasteiger partial charge on any atom is 0.339 e. The minimum absolute atomic E-state index is 0.115. The largest absolute Gasteiger partial charge is 0.449 e. The molecule has 0 aliphatic heterocycles. The van der Waals surface area contributed by atoms with Crippen LogP contribution in [0.25, 0.3) is 0 Å². The Balaban J connectivity index is 1.69. The van der Waals surface area contributed by atoms with Crippen LogP contribution in [-0.4, -0.2) is 29.8 Å². The van der Waals surface area contributed by atoms with Crippen LogP contribution in [0.5, 0.6) is 0 Å². The van der Waals surface area contributed by atoms with E-state index in [9.17, 15) is 14.4 Å². The fourth-order valence-electron chi connectivity index (χ4n) is 3.71. The summed E-state index contributed by atoms with van der Waals surface area (Å²) >= 11 is 0. The third kappa shape index (κ3) is 5.11. The third-order valence-corrected chi connectivity index (χ3v) is 5.52. The maximum absolute atomic E-state index is 12.8. The van der Waals surface area contributed by atoms with Crippen molar-refractivity contribution in [2.24, 2.45) is 5.92 Å². The van der Waals surface area contributed by atoms with Gasteiger partial charge in [-0.2, -0.15) is 0 Å². The highest BCUT2D eigenvalue weighted by molar-refractivity contribution is 6.14. The number of carbonyl (C=O) groups is 3. The van der Waals surface area contributed by atoms with E-state index in [1.54, 1.807) is 55.5 Å². The molecule has 1 saturated carbocycles. The number of esters is 1. The van der Waals surface area contributed by atoms with E-state index in [4.69, 9.17) is 4.74 Å². The zero-order valence-corrected chi connectivity index (χ0v) is 16.9. The first-order valence-electron chi connectivity index (χ1n) is 10.2. The Morgan fingerprint density at radius 3 is 2.24 bits per heavy atom. The predicted molar refractivity (Wildman–Crippen MR) is 111 cm³/mol. The second kappa shape index (κ2) is 9.50. The van der Waals surface area contributed by atoms with Gasteiger partial charge in [-0.15, -0.1) is 0 Å². The smallest absolute Gasteiger partial charge is 0.339 e. The van der Waals surface area contributed by atoms with Crippen molar-refractivity contribution in [3.8, 4) is 0 Å². The van der Waals surface area contributed by atoms with Crippen LogP contribution >= 0.6 is 0 Å². The van der Waals surface area contributed by atoms with Gasteiger partial charge in [0, 0.05) is 17.2 Å². The highest BCUT2D eigenvalue weighted by atomic mass is 16.5. The lowest BCUT2D eigenvalue weighted by atomic mass is 9.86. The van der Waals surface area contributed by atoms with E-state index < -0.39 is 12.1 Å². The molecule has 1 amide bonds. The normalized spacial score (nSPS) is 19.8. The second-order valence-corrected chi connectivity index (χ2v) is 7.67. The van der Waals surface area contributed by atoms with Gasteiger partial charge >= 0.3 is 5.97 Å². The van der Waals surface area contributed by atoms with Gasteiger partial charge in [-0.1, -0.05) is 68.3 Å². The van der Waals surface area contributed by atoms with E-state index in [0.717, 1.165) is 19.3 Å². The number of nitrogens with one attached hydrogen (secondary N) is 1. The maximum atomic E-state index is 12.8. The number of ether oxygens (including phenoxy) is 1. The van der Waals surface area contributed by atoms with Crippen molar-refractivity contribution in [3.63, 3.8) is 0 Å². The van der Waals surface area contributed by atoms with E-state index in [2.05, 4.69) is 12.2 Å². The van der Waals surface area contributed by atoms with Gasteiger partial charge in [0.05, 0.1) is 5.56 Å². The number of hydrogen-bond donors (Lipinski definition) is 1. The topological polar surface area (TPSA) is 72.5 Å². The number of benzene rings is 2. The molecule has 0 bridgehead atoms. The average Bonchev–Trinajstić information content (AvgIpc) is 2.75. The fourth-order valence-corrected chi connectivity index (χ4v) is 3.71. The van der Waals surface area contributed by atoms with Crippen LogP contribution in [0, 0.1) is 5.92 Å². The molecule has 29 heavy (non-hydrogen) atoms. The highest BCUT2D eigenvalue weighted by Gasteiger charge is 2.27. The van der Waals surface area contributed by atoms with Gasteiger partial charge in [-0.05, 0) is 31.7 Å². The van der Waals surface area contributed by atoms with Crippen molar-refractivity contribution < 1.29 is 19.1 Å². The molecule has 0 unspecified atom stereocenters. The molecular weight excluding hydrogens is 366 g/mol. The molecule has 1 fully saturated rings. The SMILES string of the molecule is C[C@@H]1CCCC[C@@H]1NC(=O)[C@@H](C)OC(=O)c1ccccc1C(=O)c1ccccc1. The highest BCUT2D eigenvalue weighted by Crippen LogP contribution is 2.24. The Morgan fingerprint density at radius 2 is 1.55 bits per heavy atom. The Morgan fingerprint density at radius 1 is 0.931 bits per heavy atom. The number of ketones is 1. The summed E-state index contributed by atoms with van der Waals surface area (Å²) in [6.07, 6.45) is 3.38. The molecule has 1 aliphatic carbocycles. The Kier molecular flexibility index (Phi) is 6.81. The molecule has 5 nitrogen and oxygen atoms in total. The zero-order valence-electron chi connectivity index (χ0n) is 16.9. The van der Waals surface area contributed by atoms with Gasteiger partial charge in [-0.3, -0.25) is 9.59 Å². The van der Waals surface area contributed by atoms with Crippen molar-refractivity contribution in [3.05, 3.63) is 71.3 Å². The monoisotopic (exact) mass is 393 g/mol. The third-order valence-electron chi connectivity index (χ3n) is 5.52. The molecule has 0 spiro atoms. The van der Waals surface area contributed by atoms with Crippen molar-refractivity contribution in [2.45, 2.75) is 51.7 Å². The van der Waals surface area contributed by atoms with Gasteiger partial charge in [0.15, 0.2) is 11.9 Å². The predicted octanol–water partition coefficient (Wildman–Crippen LogP) is 4.16. The standard InChI is InChI=1S/C24H27NO4/c1-16-10-6-9-15-21(16)25-23(27)17(2)29-24(28)20-14-8-7-13-19(20)22(26)18-11-4-3-5-12-18/h3-5,7-8,11-14,16-17,21H,6,9-10,15H2,1-2H3,(H,25,27)/t16-,17-,21+/m1/s1. The summed E-state index contributed by atoms with van der Waals surface area (Å²) in [5, 5.41) is 3.01. The zero-order chi connectivity index (χ0) is 20.8. The quantitative estimate of drug-likeness (QED) is 0.591. The molecule has 152 valence electrons. The second-order valence-electron chi connectivity index (χ2n) is 7.67. The summed E-state index contributed by atoms with van der Waals surface area (Å²) in [6, 6.07) is 15.4. The first kappa shape index (κ1) is 20.8. The van der Waals surface area contributed by atoms with Gasteiger partial charge in [0.1, 0.15) is 0 Å². The molecule has 5 heteroatoms. The lowest BCUT2D eigenvalue weighted by Crippen LogP contribution is -2.46. The number of carbonyl (C=O) groups excluding carboxylic acids is 3. The minimum atomic E-state index is -0.934. The molecule has 3 rings (SSSR count). The van der Waals surface area contributed by atoms with Crippen LogP contribution in [0.2, 0.25) is 0 Å². The number of rotatable bonds is 6. The van der Waals surface area contributed by atoms with E-state index in [0.29, 0.717) is 11.5 Å². The van der Waals surface area contributed by atoms with E-state index >= 15 is 0 Å². The van der Waals surface area contributed by atoms with E-state index in [-0.39, 0.29) is 28.9 Å². The molecule has 1 aliphatic rings. The first-order chi connectivity index (χ1) is 14.0. The molecule has 0 aromatic heterocycles. The molecule has 0 radical (unpaired) electrons. The summed E-state index contributed by atoms with van der Waals surface area (Å²) < 4.78 is 5.40. The molecule has 0 saturated heterocycles. The summed E-state index contributed by atoms with van der Waals surface area (Å²) in [7, 11) is 0. The lowest BCUT2D eigenvalue weighted by molar-refractivity contribution is -0.130. The van der Waals surface area contributed by atoms with Crippen LogP contribution < -0.4 is 5.32 Å². The number of amides is 1. The van der Waals surface area contributed by atoms with E-state index in [1.807, 2.05) is 6.07 Å². The van der Waals surface area contributed by atoms with Gasteiger partial charge in [0.2, 0.25) is 0 Å². The molecular formula is C24H27NO4. The van der Waals surface area contributed by atoms with E-state index in [1.165, 1.54) is 6.42 Å². The van der Waals surface area contributed by atoms with Crippen molar-refractivity contribution in [2.75, 3.05) is 0 Å². The Labute approximate surface area is 171 Å². The van der Waals surface area contributed by atoms with Crippen LogP contribution in [0.3, 0.4) is 0 Å². The van der Waals surface area contributed by atoms with Gasteiger partial charge in [-0.25, -0.2) is 4.79 Å². The first-order valence-corrected chi connectivity index (χ1v) is 10.2. The van der Waals surface area contributed by atoms with Crippen molar-refractivity contribution in [1.29, 1.82) is 0 Å². The average molecular weight is 393 g/mol. The van der Waals surface area contributed by atoms with Crippen molar-refractivity contribution >= 4 is 17.7 Å². The molecule has 3 atom stereocenters. The molecule has 2 aromatic rings. The Hall–Kier alpha value is -2.95. The minimum Gasteiger partial charge on any atom is -0.449 e. The van der Waals surface area contributed by atoms with Crippen LogP contribution in [0.1, 0.15) is 65.8 Å². The summed E-state index contributed by atoms with van der Waals surface area (Å²) in [5.41, 5.74) is 0.911. The van der Waals surface area contributed by atoms with Crippen molar-refractivity contribution in [1.82, 2.24) is 5.32 Å². The molecule has 0 heterocycles. The molecule has 1 N–H and O–H groups in total. The summed E-state index contributed by atoms with van der Waals surface area (Å²) in [4.78, 5) is 38.0. The van der Waals surface area contributed by atoms with Crippen LogP contribution in [0.4, 0.5) is 0 Å². The molecule has 2 aromatic carbocycles. The van der Waals surface area contributed by atoms with Crippen LogP contribution in [-0.2, 0) is 9.53 Å². The lowest BCUT2D eigenvalue weighted by Gasteiger charge is -2.30. The van der Waals surface area contributed by atoms with Crippen LogP contribution in [0.15, 0.2) is 54.6 Å². The van der Waals surface area contributed by atoms with Gasteiger partial charge < -0.3 is 10.1 Å². The Bertz CT molecular complexity index is 877.